The zero-order valence-corrected chi connectivity index (χ0v) is 24.7. The average molecular weight is 568 g/mol. The largest absolute Gasteiger partial charge is 0.493 e. The predicted molar refractivity (Wildman–Crippen MR) is 164 cm³/mol. The number of aromatic nitrogens is 1. The van der Waals surface area contributed by atoms with E-state index in [1.54, 1.807) is 21.3 Å². The number of benzene rings is 3. The van der Waals surface area contributed by atoms with Gasteiger partial charge in [-0.05, 0) is 47.4 Å². The van der Waals surface area contributed by atoms with Gasteiger partial charge in [-0.2, -0.15) is 5.26 Å². The maximum absolute atomic E-state index is 12.7. The van der Waals surface area contributed by atoms with Crippen LogP contribution in [0.15, 0.2) is 77.8 Å². The number of nitriles is 1. The molecule has 3 aromatic carbocycles. The van der Waals surface area contributed by atoms with Crippen molar-refractivity contribution in [2.24, 2.45) is 0 Å². The summed E-state index contributed by atoms with van der Waals surface area (Å²) in [5, 5.41) is 13.8. The van der Waals surface area contributed by atoms with Crippen LogP contribution in [0.1, 0.15) is 37.3 Å². The normalized spacial score (nSPS) is 10.7. The number of methoxy groups -OCH3 is 3. The van der Waals surface area contributed by atoms with Gasteiger partial charge in [0.1, 0.15) is 11.1 Å². The SMILES string of the molecule is COc1cc(-c2cc(-c3ccccc3)nc(SCCC(=O)Nc3ccc(C(C)C)cc3)c2C#N)cc(OC)c1OC. The zero-order chi connectivity index (χ0) is 29.4. The van der Waals surface area contributed by atoms with E-state index in [4.69, 9.17) is 19.2 Å². The summed E-state index contributed by atoms with van der Waals surface area (Å²) in [6.07, 6.45) is 0.262. The minimum Gasteiger partial charge on any atom is -0.493 e. The standard InChI is InChI=1S/C33H33N3O4S/c1-21(2)22-11-13-25(14-12-22)35-31(37)15-16-41-33-27(20-34)26(19-28(36-33)23-9-7-6-8-10-23)24-17-29(38-3)32(40-5)30(18-24)39-4/h6-14,17-19,21H,15-16H2,1-5H3,(H,35,37). The minimum absolute atomic E-state index is 0.0997. The minimum atomic E-state index is -0.0997. The van der Waals surface area contributed by atoms with Crippen LogP contribution in [-0.2, 0) is 4.79 Å². The zero-order valence-electron chi connectivity index (χ0n) is 23.9. The van der Waals surface area contributed by atoms with Crippen molar-refractivity contribution in [1.29, 1.82) is 5.26 Å². The third-order valence-electron chi connectivity index (χ3n) is 6.57. The van der Waals surface area contributed by atoms with E-state index in [1.165, 1.54) is 17.3 Å². The van der Waals surface area contributed by atoms with Crippen molar-refractivity contribution >= 4 is 23.4 Å². The fourth-order valence-electron chi connectivity index (χ4n) is 4.37. The lowest BCUT2D eigenvalue weighted by Crippen LogP contribution is -2.12. The van der Waals surface area contributed by atoms with Gasteiger partial charge >= 0.3 is 0 Å². The van der Waals surface area contributed by atoms with Crippen molar-refractivity contribution in [2.45, 2.75) is 31.2 Å². The van der Waals surface area contributed by atoms with Gasteiger partial charge in [-0.3, -0.25) is 4.79 Å². The number of rotatable bonds is 11. The fourth-order valence-corrected chi connectivity index (χ4v) is 5.31. The van der Waals surface area contributed by atoms with E-state index in [1.807, 2.05) is 72.8 Å². The molecule has 41 heavy (non-hydrogen) atoms. The molecule has 0 aliphatic rings. The molecule has 0 saturated carbocycles. The number of nitrogens with zero attached hydrogens (tertiary/aromatic N) is 2. The molecule has 0 unspecified atom stereocenters. The molecule has 4 rings (SSSR count). The molecule has 4 aromatic rings. The highest BCUT2D eigenvalue weighted by Gasteiger charge is 2.20. The second kappa shape index (κ2) is 13.7. The molecule has 8 heteroatoms. The van der Waals surface area contributed by atoms with Gasteiger partial charge in [-0.25, -0.2) is 4.98 Å². The van der Waals surface area contributed by atoms with Gasteiger partial charge in [0.2, 0.25) is 11.7 Å². The quantitative estimate of drug-likeness (QED) is 0.187. The van der Waals surface area contributed by atoms with E-state index in [2.05, 4.69) is 25.2 Å². The Morgan fingerprint density at radius 1 is 0.927 bits per heavy atom. The Morgan fingerprint density at radius 2 is 1.59 bits per heavy atom. The molecule has 0 atom stereocenters. The maximum atomic E-state index is 12.7. The van der Waals surface area contributed by atoms with Crippen molar-refractivity contribution in [1.82, 2.24) is 4.98 Å². The van der Waals surface area contributed by atoms with Gasteiger partial charge in [0.05, 0.1) is 32.6 Å². The molecule has 1 heterocycles. The molecule has 0 aliphatic heterocycles. The number of hydrogen-bond acceptors (Lipinski definition) is 7. The Hall–Kier alpha value is -4.48. The summed E-state index contributed by atoms with van der Waals surface area (Å²) in [5.41, 5.74) is 5.41. The van der Waals surface area contributed by atoms with Gasteiger partial charge in [0.25, 0.3) is 0 Å². The smallest absolute Gasteiger partial charge is 0.225 e. The van der Waals surface area contributed by atoms with Gasteiger partial charge in [-0.15, -0.1) is 11.8 Å². The summed E-state index contributed by atoms with van der Waals surface area (Å²) in [6.45, 7) is 4.27. The molecule has 1 N–H and O–H groups in total. The Kier molecular flexibility index (Phi) is 9.88. The molecule has 210 valence electrons. The predicted octanol–water partition coefficient (Wildman–Crippen LogP) is 7.56. The Labute approximate surface area is 245 Å². The van der Waals surface area contributed by atoms with Crippen LogP contribution in [0.5, 0.6) is 17.2 Å². The highest BCUT2D eigenvalue weighted by molar-refractivity contribution is 7.99. The summed E-state index contributed by atoms with van der Waals surface area (Å²) in [6, 6.07) is 25.5. The molecule has 0 spiro atoms. The van der Waals surface area contributed by atoms with E-state index in [0.717, 1.165) is 16.8 Å². The van der Waals surface area contributed by atoms with Crippen LogP contribution in [0.2, 0.25) is 0 Å². The van der Waals surface area contributed by atoms with Gasteiger partial charge < -0.3 is 19.5 Å². The van der Waals surface area contributed by atoms with Crippen LogP contribution >= 0.6 is 11.8 Å². The van der Waals surface area contributed by atoms with Crippen LogP contribution in [0.25, 0.3) is 22.4 Å². The van der Waals surface area contributed by atoms with E-state index in [0.29, 0.717) is 50.8 Å². The number of pyridine rings is 1. The Balaban J connectivity index is 1.65. The average Bonchev–Trinajstić information content (AvgIpc) is 3.00. The van der Waals surface area contributed by atoms with Crippen LogP contribution in [0.3, 0.4) is 0 Å². The van der Waals surface area contributed by atoms with Gasteiger partial charge in [-0.1, -0.05) is 56.3 Å². The van der Waals surface area contributed by atoms with Crippen molar-refractivity contribution in [3.8, 4) is 45.7 Å². The number of nitrogens with one attached hydrogen (secondary N) is 1. The van der Waals surface area contributed by atoms with Crippen LogP contribution in [-0.4, -0.2) is 38.0 Å². The molecule has 7 nitrogen and oxygen atoms in total. The van der Waals surface area contributed by atoms with E-state index >= 15 is 0 Å². The molecule has 0 saturated heterocycles. The van der Waals surface area contributed by atoms with Crippen LogP contribution in [0.4, 0.5) is 5.69 Å². The maximum Gasteiger partial charge on any atom is 0.225 e. The first-order chi connectivity index (χ1) is 19.9. The van der Waals surface area contributed by atoms with Crippen molar-refractivity contribution < 1.29 is 19.0 Å². The first-order valence-electron chi connectivity index (χ1n) is 13.2. The highest BCUT2D eigenvalue weighted by Crippen LogP contribution is 2.43. The Morgan fingerprint density at radius 3 is 2.15 bits per heavy atom. The second-order valence-corrected chi connectivity index (χ2v) is 10.6. The number of hydrogen-bond donors (Lipinski definition) is 1. The van der Waals surface area contributed by atoms with Gasteiger partial charge in [0, 0.05) is 29.0 Å². The van der Waals surface area contributed by atoms with Crippen molar-refractivity contribution in [3.63, 3.8) is 0 Å². The molecular weight excluding hydrogens is 534 g/mol. The fraction of sp³-hybridized carbons (Fsp3) is 0.242. The molecule has 0 fully saturated rings. The number of carbonyl (C=O) groups is 1. The summed E-state index contributed by atoms with van der Waals surface area (Å²) in [4.78, 5) is 17.6. The monoisotopic (exact) mass is 567 g/mol. The molecule has 1 amide bonds. The lowest BCUT2D eigenvalue weighted by atomic mass is 9.98. The lowest BCUT2D eigenvalue weighted by molar-refractivity contribution is -0.115. The lowest BCUT2D eigenvalue weighted by Gasteiger charge is -2.16. The summed E-state index contributed by atoms with van der Waals surface area (Å²) in [5.74, 6) is 2.21. The third kappa shape index (κ3) is 7.00. The van der Waals surface area contributed by atoms with Crippen LogP contribution < -0.4 is 19.5 Å². The number of amides is 1. The highest BCUT2D eigenvalue weighted by atomic mass is 32.2. The molecule has 0 aliphatic carbocycles. The van der Waals surface area contributed by atoms with E-state index in [-0.39, 0.29) is 12.3 Å². The van der Waals surface area contributed by atoms with E-state index in [9.17, 15) is 10.1 Å². The number of ether oxygens (including phenoxy) is 3. The summed E-state index contributed by atoms with van der Waals surface area (Å²) in [7, 11) is 4.66. The first-order valence-corrected chi connectivity index (χ1v) is 14.2. The van der Waals surface area contributed by atoms with Crippen molar-refractivity contribution in [3.05, 3.63) is 83.9 Å². The van der Waals surface area contributed by atoms with E-state index < -0.39 is 0 Å². The summed E-state index contributed by atoms with van der Waals surface area (Å²) >= 11 is 1.38. The molecule has 1 aromatic heterocycles. The van der Waals surface area contributed by atoms with Crippen LogP contribution in [0, 0.1) is 11.3 Å². The van der Waals surface area contributed by atoms with Crippen molar-refractivity contribution in [2.75, 3.05) is 32.4 Å². The number of anilines is 1. The second-order valence-electron chi connectivity index (χ2n) is 9.55. The molecule has 0 bridgehead atoms. The Bertz CT molecular complexity index is 1520. The van der Waals surface area contributed by atoms with Gasteiger partial charge in [0.15, 0.2) is 11.5 Å². The molecule has 0 radical (unpaired) electrons. The topological polar surface area (TPSA) is 93.5 Å². The number of carbonyl (C=O) groups excluding carboxylic acids is 1. The number of thioether (sulfide) groups is 1. The summed E-state index contributed by atoms with van der Waals surface area (Å²) < 4.78 is 16.6. The first kappa shape index (κ1) is 29.5. The molecular formula is C33H33N3O4S. The third-order valence-corrected chi connectivity index (χ3v) is 7.55.